The molecule has 126 valence electrons. The average Bonchev–Trinajstić information content (AvgIpc) is 3.17. The second-order valence-corrected chi connectivity index (χ2v) is 6.17. The molecule has 0 aromatic carbocycles. The van der Waals surface area contributed by atoms with Crippen LogP contribution in [-0.2, 0) is 4.79 Å². The number of nitrogens with zero attached hydrogens (tertiary/aromatic N) is 4. The van der Waals surface area contributed by atoms with Gasteiger partial charge in [0.2, 0.25) is 17.6 Å². The molecular weight excluding hydrogens is 296 g/mol. The molecule has 8 nitrogen and oxygen atoms in total. The molecule has 0 aliphatic heterocycles. The normalized spacial score (nSPS) is 14.0. The van der Waals surface area contributed by atoms with Crippen LogP contribution in [0.4, 0.5) is 0 Å². The molecule has 2 rings (SSSR count). The maximum atomic E-state index is 12.3. The molecule has 2 aromatic heterocycles. The van der Waals surface area contributed by atoms with Crippen molar-refractivity contribution in [1.29, 1.82) is 0 Å². The largest absolute Gasteiger partial charge is 0.344 e. The van der Waals surface area contributed by atoms with E-state index in [9.17, 15) is 4.79 Å². The molecule has 1 amide bonds. The first kappa shape index (κ1) is 17.1. The number of aromatic nitrogens is 5. The third kappa shape index (κ3) is 4.61. The van der Waals surface area contributed by atoms with Gasteiger partial charge in [0.25, 0.3) is 0 Å². The first-order valence-corrected chi connectivity index (χ1v) is 8.01. The maximum absolute atomic E-state index is 12.3. The molecule has 0 aliphatic rings. The number of H-pyrrole nitrogens is 1. The minimum Gasteiger partial charge on any atom is -0.344 e. The van der Waals surface area contributed by atoms with E-state index < -0.39 is 0 Å². The van der Waals surface area contributed by atoms with Crippen molar-refractivity contribution in [3.05, 3.63) is 12.2 Å². The van der Waals surface area contributed by atoms with E-state index in [1.165, 1.54) is 6.33 Å². The lowest BCUT2D eigenvalue weighted by Crippen LogP contribution is -2.33. The van der Waals surface area contributed by atoms with Crippen molar-refractivity contribution in [2.24, 2.45) is 11.8 Å². The van der Waals surface area contributed by atoms with Gasteiger partial charge in [-0.15, -0.1) is 0 Å². The van der Waals surface area contributed by atoms with Crippen LogP contribution in [0.3, 0.4) is 0 Å². The van der Waals surface area contributed by atoms with E-state index in [2.05, 4.69) is 51.4 Å². The van der Waals surface area contributed by atoms with Crippen molar-refractivity contribution in [2.75, 3.05) is 0 Å². The van der Waals surface area contributed by atoms with Crippen molar-refractivity contribution in [3.8, 4) is 11.6 Å². The third-order valence-electron chi connectivity index (χ3n) is 3.56. The molecule has 0 bridgehead atoms. The number of nitrogens with one attached hydrogen (secondary N) is 2. The molecule has 2 aromatic rings. The Balaban J connectivity index is 2.13. The first-order valence-electron chi connectivity index (χ1n) is 8.01. The SMILES string of the molecule is CCCC(C)C(=O)NC(CC(C)C)c1nc(-c2ncn[nH]2)no1. The summed E-state index contributed by atoms with van der Waals surface area (Å²) in [7, 11) is 0. The van der Waals surface area contributed by atoms with Crippen LogP contribution >= 0.6 is 0 Å². The summed E-state index contributed by atoms with van der Waals surface area (Å²) in [5, 5.41) is 13.4. The molecule has 0 aliphatic carbocycles. The highest BCUT2D eigenvalue weighted by atomic mass is 16.5. The predicted molar refractivity (Wildman–Crippen MR) is 84.1 cm³/mol. The van der Waals surface area contributed by atoms with Crippen molar-refractivity contribution in [2.45, 2.75) is 53.0 Å². The Labute approximate surface area is 135 Å². The molecule has 23 heavy (non-hydrogen) atoms. The number of amides is 1. The highest BCUT2D eigenvalue weighted by Gasteiger charge is 2.25. The van der Waals surface area contributed by atoms with E-state index in [0.717, 1.165) is 19.3 Å². The highest BCUT2D eigenvalue weighted by Crippen LogP contribution is 2.22. The molecular formula is C15H24N6O2. The summed E-state index contributed by atoms with van der Waals surface area (Å²) in [6, 6.07) is -0.300. The summed E-state index contributed by atoms with van der Waals surface area (Å²) in [5.41, 5.74) is 0. The molecule has 2 N–H and O–H groups in total. The van der Waals surface area contributed by atoms with E-state index in [1.807, 2.05) is 6.92 Å². The van der Waals surface area contributed by atoms with Gasteiger partial charge in [0.1, 0.15) is 12.4 Å². The van der Waals surface area contributed by atoms with Crippen LogP contribution in [0.25, 0.3) is 11.6 Å². The topological polar surface area (TPSA) is 110 Å². The summed E-state index contributed by atoms with van der Waals surface area (Å²) < 4.78 is 5.33. The molecule has 2 unspecified atom stereocenters. The van der Waals surface area contributed by atoms with Gasteiger partial charge in [-0.05, 0) is 18.8 Å². The summed E-state index contributed by atoms with van der Waals surface area (Å²) >= 11 is 0. The van der Waals surface area contributed by atoms with Crippen LogP contribution in [0.1, 0.15) is 58.9 Å². The van der Waals surface area contributed by atoms with Gasteiger partial charge in [0, 0.05) is 5.92 Å². The van der Waals surface area contributed by atoms with Gasteiger partial charge >= 0.3 is 0 Å². The zero-order valence-corrected chi connectivity index (χ0v) is 14.0. The zero-order valence-electron chi connectivity index (χ0n) is 14.0. The Hall–Kier alpha value is -2.25. The molecule has 0 saturated heterocycles. The average molecular weight is 320 g/mol. The quantitative estimate of drug-likeness (QED) is 0.773. The second kappa shape index (κ2) is 7.85. The smallest absolute Gasteiger partial charge is 0.249 e. The first-order chi connectivity index (χ1) is 11.0. The van der Waals surface area contributed by atoms with Crippen LogP contribution in [0.5, 0.6) is 0 Å². The Morgan fingerprint density at radius 1 is 1.39 bits per heavy atom. The van der Waals surface area contributed by atoms with Gasteiger partial charge in [-0.2, -0.15) is 10.1 Å². The summed E-state index contributed by atoms with van der Waals surface area (Å²) in [5.74, 6) is 1.52. The van der Waals surface area contributed by atoms with Gasteiger partial charge < -0.3 is 9.84 Å². The molecule has 0 radical (unpaired) electrons. The standard InChI is InChI=1S/C15H24N6O2/c1-5-6-10(4)14(22)18-11(7-9(2)3)15-19-13(21-23-15)12-16-8-17-20-12/h8-11H,5-7H2,1-4H3,(H,18,22)(H,16,17,20). The minimum atomic E-state index is -0.300. The van der Waals surface area contributed by atoms with E-state index in [1.54, 1.807) is 0 Å². The molecule has 8 heteroatoms. The number of rotatable bonds is 8. The number of hydrogen-bond donors (Lipinski definition) is 2. The Kier molecular flexibility index (Phi) is 5.84. The van der Waals surface area contributed by atoms with Gasteiger partial charge in [0.15, 0.2) is 5.82 Å². The lowest BCUT2D eigenvalue weighted by molar-refractivity contribution is -0.125. The van der Waals surface area contributed by atoms with Gasteiger partial charge in [-0.3, -0.25) is 9.89 Å². The monoisotopic (exact) mass is 320 g/mol. The van der Waals surface area contributed by atoms with E-state index >= 15 is 0 Å². The lowest BCUT2D eigenvalue weighted by Gasteiger charge is -2.19. The van der Waals surface area contributed by atoms with Gasteiger partial charge in [-0.1, -0.05) is 39.3 Å². The van der Waals surface area contributed by atoms with Crippen molar-refractivity contribution >= 4 is 5.91 Å². The highest BCUT2D eigenvalue weighted by molar-refractivity contribution is 5.78. The van der Waals surface area contributed by atoms with E-state index in [0.29, 0.717) is 23.5 Å². The minimum absolute atomic E-state index is 0.0110. The summed E-state index contributed by atoms with van der Waals surface area (Å²) in [6.07, 6.45) is 3.93. The van der Waals surface area contributed by atoms with E-state index in [-0.39, 0.29) is 17.9 Å². The fourth-order valence-electron chi connectivity index (χ4n) is 2.36. The van der Waals surface area contributed by atoms with Crippen LogP contribution < -0.4 is 5.32 Å². The maximum Gasteiger partial charge on any atom is 0.249 e. The Morgan fingerprint density at radius 2 is 2.17 bits per heavy atom. The molecule has 0 spiro atoms. The number of hydrogen-bond acceptors (Lipinski definition) is 6. The molecule has 0 fully saturated rings. The van der Waals surface area contributed by atoms with Gasteiger partial charge in [-0.25, -0.2) is 4.98 Å². The van der Waals surface area contributed by atoms with Crippen LogP contribution in [-0.4, -0.2) is 31.2 Å². The third-order valence-corrected chi connectivity index (χ3v) is 3.56. The van der Waals surface area contributed by atoms with Crippen molar-refractivity contribution < 1.29 is 9.32 Å². The van der Waals surface area contributed by atoms with Crippen molar-refractivity contribution in [1.82, 2.24) is 30.6 Å². The van der Waals surface area contributed by atoms with Crippen LogP contribution in [0, 0.1) is 11.8 Å². The Morgan fingerprint density at radius 3 is 2.78 bits per heavy atom. The van der Waals surface area contributed by atoms with Crippen LogP contribution in [0.15, 0.2) is 10.9 Å². The predicted octanol–water partition coefficient (Wildman–Crippen LogP) is 2.49. The Bertz CT molecular complexity index is 607. The van der Waals surface area contributed by atoms with Crippen molar-refractivity contribution in [3.63, 3.8) is 0 Å². The number of aromatic amines is 1. The number of carbonyl (C=O) groups is 1. The molecule has 0 saturated carbocycles. The van der Waals surface area contributed by atoms with Gasteiger partial charge in [0.05, 0.1) is 0 Å². The van der Waals surface area contributed by atoms with E-state index in [4.69, 9.17) is 4.52 Å². The second-order valence-electron chi connectivity index (χ2n) is 6.17. The summed E-state index contributed by atoms with van der Waals surface area (Å²) in [6.45, 7) is 8.17. The lowest BCUT2D eigenvalue weighted by atomic mass is 10.0. The van der Waals surface area contributed by atoms with Crippen LogP contribution in [0.2, 0.25) is 0 Å². The fourth-order valence-corrected chi connectivity index (χ4v) is 2.36. The molecule has 2 atom stereocenters. The zero-order chi connectivity index (χ0) is 16.8. The molecule has 2 heterocycles. The number of carbonyl (C=O) groups excluding carboxylic acids is 1. The fraction of sp³-hybridized carbons (Fsp3) is 0.667. The summed E-state index contributed by atoms with van der Waals surface area (Å²) in [4.78, 5) is 20.6.